The van der Waals surface area contributed by atoms with Gasteiger partial charge < -0.3 is 9.84 Å². The first-order chi connectivity index (χ1) is 9.23. The smallest absolute Gasteiger partial charge is 0.349 e. The molecule has 1 unspecified atom stereocenters. The topological polar surface area (TPSA) is 92.7 Å². The Morgan fingerprint density at radius 1 is 1.55 bits per heavy atom. The van der Waals surface area contributed by atoms with E-state index in [1.807, 2.05) is 6.92 Å². The molecule has 1 heterocycles. The monoisotopic (exact) mass is 321 g/mol. The predicted octanol–water partition coefficient (Wildman–Crippen LogP) is 1.36. The first-order valence-corrected chi connectivity index (χ1v) is 8.47. The van der Waals surface area contributed by atoms with Crippen LogP contribution in [0.4, 0.5) is 0 Å². The van der Waals surface area contributed by atoms with Gasteiger partial charge in [-0.25, -0.2) is 17.9 Å². The Morgan fingerprint density at radius 3 is 2.75 bits per heavy atom. The third-order valence-corrected chi connectivity index (χ3v) is 5.19. The van der Waals surface area contributed by atoms with E-state index in [2.05, 4.69) is 9.46 Å². The standard InChI is InChI=1S/C12H19NO5S2/c1-4-6-12(2,15)8-13-20(16,17)9-5-7-19-10(9)11(14)18-3/h5,7,13,15H,4,6,8H2,1-3H3. The van der Waals surface area contributed by atoms with Crippen molar-refractivity contribution >= 4 is 27.3 Å². The zero-order chi connectivity index (χ0) is 15.4. The van der Waals surface area contributed by atoms with Gasteiger partial charge in [-0.1, -0.05) is 13.3 Å². The molecule has 1 aromatic heterocycles. The van der Waals surface area contributed by atoms with Crippen LogP contribution in [0.5, 0.6) is 0 Å². The van der Waals surface area contributed by atoms with Gasteiger partial charge in [0.15, 0.2) is 0 Å². The summed E-state index contributed by atoms with van der Waals surface area (Å²) in [5.74, 6) is -0.694. The lowest BCUT2D eigenvalue weighted by Gasteiger charge is -2.22. The van der Waals surface area contributed by atoms with Gasteiger partial charge in [0.05, 0.1) is 12.7 Å². The molecule has 0 saturated carbocycles. The fraction of sp³-hybridized carbons (Fsp3) is 0.583. The molecule has 0 amide bonds. The van der Waals surface area contributed by atoms with Crippen molar-refractivity contribution in [2.45, 2.75) is 37.2 Å². The molecule has 0 aliphatic rings. The Labute approximate surface area is 122 Å². The van der Waals surface area contributed by atoms with Crippen LogP contribution in [0.3, 0.4) is 0 Å². The minimum absolute atomic E-state index is 0.0233. The lowest BCUT2D eigenvalue weighted by Crippen LogP contribution is -2.40. The normalized spacial score (nSPS) is 14.8. The maximum absolute atomic E-state index is 12.2. The van der Waals surface area contributed by atoms with Gasteiger partial charge in [-0.3, -0.25) is 0 Å². The van der Waals surface area contributed by atoms with Gasteiger partial charge in [-0.15, -0.1) is 11.3 Å². The van der Waals surface area contributed by atoms with Crippen molar-refractivity contribution in [2.24, 2.45) is 0 Å². The molecule has 0 aliphatic heterocycles. The van der Waals surface area contributed by atoms with Crippen LogP contribution in [-0.4, -0.2) is 38.7 Å². The molecule has 6 nitrogen and oxygen atoms in total. The van der Waals surface area contributed by atoms with Crippen molar-refractivity contribution < 1.29 is 23.1 Å². The first kappa shape index (κ1) is 17.1. The van der Waals surface area contributed by atoms with E-state index in [1.165, 1.54) is 18.6 Å². The minimum atomic E-state index is -3.85. The molecular weight excluding hydrogens is 302 g/mol. The van der Waals surface area contributed by atoms with Crippen LogP contribution < -0.4 is 4.72 Å². The summed E-state index contributed by atoms with van der Waals surface area (Å²) in [6.45, 7) is 3.35. The number of aliphatic hydroxyl groups is 1. The minimum Gasteiger partial charge on any atom is -0.465 e. The molecule has 114 valence electrons. The van der Waals surface area contributed by atoms with Crippen molar-refractivity contribution in [3.05, 3.63) is 16.3 Å². The quantitative estimate of drug-likeness (QED) is 0.740. The van der Waals surface area contributed by atoms with E-state index in [4.69, 9.17) is 0 Å². The number of sulfonamides is 1. The maximum atomic E-state index is 12.2. The Hall–Kier alpha value is -0.960. The Balaban J connectivity index is 2.90. The van der Waals surface area contributed by atoms with Crippen LogP contribution in [0.2, 0.25) is 0 Å². The Morgan fingerprint density at radius 2 is 2.20 bits per heavy atom. The number of esters is 1. The highest BCUT2D eigenvalue weighted by atomic mass is 32.2. The molecule has 20 heavy (non-hydrogen) atoms. The second-order valence-corrected chi connectivity index (χ2v) is 7.33. The van der Waals surface area contributed by atoms with Gasteiger partial charge in [0.1, 0.15) is 9.77 Å². The molecule has 0 saturated heterocycles. The third-order valence-electron chi connectivity index (χ3n) is 2.72. The van der Waals surface area contributed by atoms with Crippen molar-refractivity contribution in [2.75, 3.05) is 13.7 Å². The van der Waals surface area contributed by atoms with Gasteiger partial charge in [-0.05, 0) is 24.8 Å². The summed E-state index contributed by atoms with van der Waals surface area (Å²) >= 11 is 0.997. The number of methoxy groups -OCH3 is 1. The van der Waals surface area contributed by atoms with Crippen molar-refractivity contribution in [3.8, 4) is 0 Å². The fourth-order valence-electron chi connectivity index (χ4n) is 1.71. The number of nitrogens with one attached hydrogen (secondary N) is 1. The first-order valence-electron chi connectivity index (χ1n) is 6.11. The maximum Gasteiger partial charge on any atom is 0.349 e. The number of carbonyl (C=O) groups excluding carboxylic acids is 1. The summed E-state index contributed by atoms with van der Waals surface area (Å²) in [6.07, 6.45) is 1.21. The molecule has 8 heteroatoms. The molecule has 0 spiro atoms. The van der Waals surface area contributed by atoms with Crippen LogP contribution in [0.15, 0.2) is 16.3 Å². The average Bonchev–Trinajstić information content (AvgIpc) is 2.86. The molecule has 0 aromatic carbocycles. The lowest BCUT2D eigenvalue weighted by atomic mass is 10.0. The van der Waals surface area contributed by atoms with Crippen LogP contribution in [0, 0.1) is 0 Å². The highest BCUT2D eigenvalue weighted by Crippen LogP contribution is 2.23. The fourth-order valence-corrected chi connectivity index (χ4v) is 4.20. The molecule has 2 N–H and O–H groups in total. The lowest BCUT2D eigenvalue weighted by molar-refractivity contribution is 0.0554. The van der Waals surface area contributed by atoms with Gasteiger partial charge in [0, 0.05) is 6.54 Å². The van der Waals surface area contributed by atoms with Crippen LogP contribution in [0.1, 0.15) is 36.4 Å². The number of carbonyl (C=O) groups is 1. The summed E-state index contributed by atoms with van der Waals surface area (Å²) in [7, 11) is -2.66. The number of hydrogen-bond acceptors (Lipinski definition) is 6. The van der Waals surface area contributed by atoms with Crippen LogP contribution in [0.25, 0.3) is 0 Å². The van der Waals surface area contributed by atoms with Gasteiger partial charge in [-0.2, -0.15) is 0 Å². The van der Waals surface area contributed by atoms with E-state index < -0.39 is 21.6 Å². The van der Waals surface area contributed by atoms with Crippen molar-refractivity contribution in [3.63, 3.8) is 0 Å². The molecule has 0 bridgehead atoms. The van der Waals surface area contributed by atoms with Crippen LogP contribution >= 0.6 is 11.3 Å². The SMILES string of the molecule is CCCC(C)(O)CNS(=O)(=O)c1ccsc1C(=O)OC. The molecule has 1 atom stereocenters. The summed E-state index contributed by atoms with van der Waals surface area (Å²) in [5.41, 5.74) is -1.12. The summed E-state index contributed by atoms with van der Waals surface area (Å²) in [5, 5.41) is 11.5. The zero-order valence-electron chi connectivity index (χ0n) is 11.7. The number of hydrogen-bond donors (Lipinski definition) is 2. The van der Waals surface area contributed by atoms with E-state index in [0.717, 1.165) is 17.8 Å². The van der Waals surface area contributed by atoms with Crippen molar-refractivity contribution in [1.82, 2.24) is 4.72 Å². The summed E-state index contributed by atoms with van der Waals surface area (Å²) in [4.78, 5) is 11.4. The average molecular weight is 321 g/mol. The number of rotatable bonds is 7. The van der Waals surface area contributed by atoms with E-state index >= 15 is 0 Å². The summed E-state index contributed by atoms with van der Waals surface area (Å²) < 4.78 is 31.2. The number of ether oxygens (including phenoxy) is 1. The largest absolute Gasteiger partial charge is 0.465 e. The van der Waals surface area contributed by atoms with Gasteiger partial charge >= 0.3 is 5.97 Å². The van der Waals surface area contributed by atoms with E-state index in [0.29, 0.717) is 6.42 Å². The highest BCUT2D eigenvalue weighted by Gasteiger charge is 2.27. The second-order valence-electron chi connectivity index (χ2n) is 4.68. The Kier molecular flexibility index (Phi) is 5.69. The molecule has 1 aromatic rings. The highest BCUT2D eigenvalue weighted by molar-refractivity contribution is 7.89. The van der Waals surface area contributed by atoms with E-state index in [9.17, 15) is 18.3 Å². The van der Waals surface area contributed by atoms with E-state index in [-0.39, 0.29) is 16.3 Å². The second kappa shape index (κ2) is 6.66. The van der Waals surface area contributed by atoms with Gasteiger partial charge in [0.2, 0.25) is 10.0 Å². The van der Waals surface area contributed by atoms with E-state index in [1.54, 1.807) is 6.92 Å². The Bertz CT molecular complexity index is 562. The predicted molar refractivity (Wildman–Crippen MR) is 76.4 cm³/mol. The van der Waals surface area contributed by atoms with Gasteiger partial charge in [0.25, 0.3) is 0 Å². The van der Waals surface area contributed by atoms with Crippen molar-refractivity contribution in [1.29, 1.82) is 0 Å². The molecular formula is C12H19NO5S2. The molecule has 1 rings (SSSR count). The zero-order valence-corrected chi connectivity index (χ0v) is 13.3. The molecule has 0 aliphatic carbocycles. The van der Waals surface area contributed by atoms with Crippen LogP contribution in [-0.2, 0) is 14.8 Å². The number of thiophene rings is 1. The summed E-state index contributed by atoms with van der Waals surface area (Å²) in [6, 6.07) is 1.34. The molecule has 0 fully saturated rings. The third kappa shape index (κ3) is 4.27. The molecule has 0 radical (unpaired) electrons.